The van der Waals surface area contributed by atoms with Crippen LogP contribution in [0.15, 0.2) is 18.5 Å². The average Bonchev–Trinajstić information content (AvgIpc) is 2.73. The standard InChI is InChI=1S/C16H24N4/c1-5-14(17)7-13-8-15(10-18-9-13)20-12(4)16(6-2)11(3)19-20/h8-10,14H,5-7,17H2,1-4H3. The van der Waals surface area contributed by atoms with Gasteiger partial charge in [-0.3, -0.25) is 4.98 Å². The summed E-state index contributed by atoms with van der Waals surface area (Å²) < 4.78 is 1.99. The first-order valence-electron chi connectivity index (χ1n) is 7.31. The van der Waals surface area contributed by atoms with Crippen molar-refractivity contribution in [3.05, 3.63) is 41.0 Å². The summed E-state index contributed by atoms with van der Waals surface area (Å²) in [7, 11) is 0. The van der Waals surface area contributed by atoms with Gasteiger partial charge < -0.3 is 5.73 Å². The van der Waals surface area contributed by atoms with E-state index in [1.807, 2.05) is 17.1 Å². The van der Waals surface area contributed by atoms with Gasteiger partial charge in [0.15, 0.2) is 0 Å². The molecular weight excluding hydrogens is 248 g/mol. The van der Waals surface area contributed by atoms with E-state index in [-0.39, 0.29) is 6.04 Å². The topological polar surface area (TPSA) is 56.7 Å². The zero-order valence-corrected chi connectivity index (χ0v) is 12.8. The van der Waals surface area contributed by atoms with Gasteiger partial charge in [-0.1, -0.05) is 13.8 Å². The van der Waals surface area contributed by atoms with E-state index in [0.717, 1.165) is 30.6 Å². The lowest BCUT2D eigenvalue weighted by atomic mass is 10.1. The summed E-state index contributed by atoms with van der Waals surface area (Å²) in [5.41, 5.74) is 11.8. The Morgan fingerprint density at radius 1 is 1.25 bits per heavy atom. The summed E-state index contributed by atoms with van der Waals surface area (Å²) in [4.78, 5) is 4.34. The van der Waals surface area contributed by atoms with Crippen LogP contribution in [0.1, 0.15) is 42.8 Å². The van der Waals surface area contributed by atoms with Crippen molar-refractivity contribution in [1.82, 2.24) is 14.8 Å². The second-order valence-electron chi connectivity index (χ2n) is 5.34. The lowest BCUT2D eigenvalue weighted by molar-refractivity contribution is 0.644. The fourth-order valence-electron chi connectivity index (χ4n) is 2.59. The molecule has 0 fully saturated rings. The molecule has 20 heavy (non-hydrogen) atoms. The highest BCUT2D eigenvalue weighted by molar-refractivity contribution is 5.37. The van der Waals surface area contributed by atoms with E-state index in [4.69, 9.17) is 5.73 Å². The summed E-state index contributed by atoms with van der Waals surface area (Å²) in [5, 5.41) is 4.64. The molecule has 2 aromatic rings. The summed E-state index contributed by atoms with van der Waals surface area (Å²) in [5.74, 6) is 0. The normalized spacial score (nSPS) is 12.7. The summed E-state index contributed by atoms with van der Waals surface area (Å²) in [6, 6.07) is 2.33. The second-order valence-corrected chi connectivity index (χ2v) is 5.34. The third kappa shape index (κ3) is 2.90. The minimum Gasteiger partial charge on any atom is -0.327 e. The van der Waals surface area contributed by atoms with Crippen LogP contribution in [0.4, 0.5) is 0 Å². The largest absolute Gasteiger partial charge is 0.327 e. The van der Waals surface area contributed by atoms with E-state index >= 15 is 0 Å². The molecule has 0 spiro atoms. The van der Waals surface area contributed by atoms with Crippen LogP contribution in [0.5, 0.6) is 0 Å². The number of nitrogens with zero attached hydrogens (tertiary/aromatic N) is 3. The molecule has 0 aliphatic rings. The predicted molar refractivity (Wildman–Crippen MR) is 82.2 cm³/mol. The van der Waals surface area contributed by atoms with E-state index < -0.39 is 0 Å². The maximum absolute atomic E-state index is 6.02. The van der Waals surface area contributed by atoms with E-state index in [1.165, 1.54) is 16.8 Å². The molecule has 0 radical (unpaired) electrons. The van der Waals surface area contributed by atoms with Crippen molar-refractivity contribution >= 4 is 0 Å². The first kappa shape index (κ1) is 14.7. The Morgan fingerprint density at radius 3 is 2.60 bits per heavy atom. The van der Waals surface area contributed by atoms with Crippen molar-refractivity contribution in [3.63, 3.8) is 0 Å². The van der Waals surface area contributed by atoms with Crippen LogP contribution in [0.3, 0.4) is 0 Å². The van der Waals surface area contributed by atoms with Crippen LogP contribution in [0.2, 0.25) is 0 Å². The van der Waals surface area contributed by atoms with Crippen LogP contribution >= 0.6 is 0 Å². The molecule has 2 rings (SSSR count). The lowest BCUT2D eigenvalue weighted by Crippen LogP contribution is -2.21. The Kier molecular flexibility index (Phi) is 4.55. The maximum Gasteiger partial charge on any atom is 0.0834 e. The molecule has 0 amide bonds. The third-order valence-corrected chi connectivity index (χ3v) is 3.84. The quantitative estimate of drug-likeness (QED) is 0.910. The number of aromatic nitrogens is 3. The summed E-state index contributed by atoms with van der Waals surface area (Å²) >= 11 is 0. The lowest BCUT2D eigenvalue weighted by Gasteiger charge is -2.10. The number of rotatable bonds is 5. The molecule has 108 valence electrons. The first-order valence-corrected chi connectivity index (χ1v) is 7.31. The Morgan fingerprint density at radius 2 is 2.00 bits per heavy atom. The van der Waals surface area contributed by atoms with E-state index in [9.17, 15) is 0 Å². The van der Waals surface area contributed by atoms with Crippen LogP contribution in [0.25, 0.3) is 5.69 Å². The fraction of sp³-hybridized carbons (Fsp3) is 0.500. The van der Waals surface area contributed by atoms with Crippen LogP contribution in [0, 0.1) is 13.8 Å². The number of aryl methyl sites for hydroxylation is 1. The summed E-state index contributed by atoms with van der Waals surface area (Å²) in [6.45, 7) is 8.45. The number of hydrogen-bond donors (Lipinski definition) is 1. The number of hydrogen-bond acceptors (Lipinski definition) is 3. The zero-order chi connectivity index (χ0) is 14.7. The van der Waals surface area contributed by atoms with Gasteiger partial charge in [-0.15, -0.1) is 0 Å². The molecule has 4 heteroatoms. The van der Waals surface area contributed by atoms with Gasteiger partial charge in [0, 0.05) is 17.9 Å². The van der Waals surface area contributed by atoms with Crippen LogP contribution in [-0.2, 0) is 12.8 Å². The van der Waals surface area contributed by atoms with Crippen LogP contribution in [-0.4, -0.2) is 20.8 Å². The molecule has 0 saturated heterocycles. The number of pyridine rings is 1. The van der Waals surface area contributed by atoms with Crippen LogP contribution < -0.4 is 5.73 Å². The molecule has 2 N–H and O–H groups in total. The molecule has 0 aliphatic heterocycles. The molecule has 0 saturated carbocycles. The Hall–Kier alpha value is -1.68. The molecule has 4 nitrogen and oxygen atoms in total. The Bertz CT molecular complexity index is 586. The molecule has 2 aromatic heterocycles. The highest BCUT2D eigenvalue weighted by Gasteiger charge is 2.12. The van der Waals surface area contributed by atoms with E-state index in [2.05, 4.69) is 43.8 Å². The van der Waals surface area contributed by atoms with Crippen molar-refractivity contribution in [2.75, 3.05) is 0 Å². The van der Waals surface area contributed by atoms with Crippen molar-refractivity contribution in [1.29, 1.82) is 0 Å². The minimum atomic E-state index is 0.193. The average molecular weight is 272 g/mol. The van der Waals surface area contributed by atoms with Crippen molar-refractivity contribution in [3.8, 4) is 5.69 Å². The van der Waals surface area contributed by atoms with E-state index in [1.54, 1.807) is 0 Å². The zero-order valence-electron chi connectivity index (χ0n) is 12.8. The third-order valence-electron chi connectivity index (χ3n) is 3.84. The molecule has 0 aromatic carbocycles. The predicted octanol–water partition coefficient (Wildman–Crippen LogP) is 2.73. The van der Waals surface area contributed by atoms with Gasteiger partial charge >= 0.3 is 0 Å². The van der Waals surface area contributed by atoms with Gasteiger partial charge in [0.1, 0.15) is 0 Å². The van der Waals surface area contributed by atoms with Gasteiger partial charge in [0.2, 0.25) is 0 Å². The van der Waals surface area contributed by atoms with Crippen molar-refractivity contribution < 1.29 is 0 Å². The number of nitrogens with two attached hydrogens (primary N) is 1. The molecule has 1 atom stereocenters. The maximum atomic E-state index is 6.02. The SMILES string of the molecule is CCc1c(C)nn(-c2cncc(CC(N)CC)c2)c1C. The van der Waals surface area contributed by atoms with Gasteiger partial charge in [-0.25, -0.2) is 4.68 Å². The molecular formula is C16H24N4. The monoisotopic (exact) mass is 272 g/mol. The summed E-state index contributed by atoms with van der Waals surface area (Å²) in [6.07, 6.45) is 6.60. The van der Waals surface area contributed by atoms with Gasteiger partial charge in [-0.2, -0.15) is 5.10 Å². The molecule has 0 bridgehead atoms. The second kappa shape index (κ2) is 6.18. The van der Waals surface area contributed by atoms with Gasteiger partial charge in [0.05, 0.1) is 17.6 Å². The Balaban J connectivity index is 2.36. The van der Waals surface area contributed by atoms with Crippen molar-refractivity contribution in [2.45, 2.75) is 53.0 Å². The van der Waals surface area contributed by atoms with E-state index in [0.29, 0.717) is 0 Å². The first-order chi connectivity index (χ1) is 9.56. The highest BCUT2D eigenvalue weighted by Crippen LogP contribution is 2.18. The van der Waals surface area contributed by atoms with Gasteiger partial charge in [0.25, 0.3) is 0 Å². The minimum absolute atomic E-state index is 0.193. The highest BCUT2D eigenvalue weighted by atomic mass is 15.3. The fourth-order valence-corrected chi connectivity index (χ4v) is 2.59. The van der Waals surface area contributed by atoms with Crippen molar-refractivity contribution in [2.24, 2.45) is 5.73 Å². The molecule has 2 heterocycles. The Labute approximate surface area is 121 Å². The smallest absolute Gasteiger partial charge is 0.0834 e. The molecule has 0 aliphatic carbocycles. The molecule has 1 unspecified atom stereocenters. The van der Waals surface area contributed by atoms with Gasteiger partial charge in [-0.05, 0) is 50.3 Å².